The van der Waals surface area contributed by atoms with Gasteiger partial charge in [0.15, 0.2) is 0 Å². The topological polar surface area (TPSA) is 9.23 Å². The molecule has 25 heavy (non-hydrogen) atoms. The van der Waals surface area contributed by atoms with E-state index in [0.29, 0.717) is 24.0 Å². The highest BCUT2D eigenvalue weighted by Gasteiger charge is 2.38. The highest BCUT2D eigenvalue weighted by Crippen LogP contribution is 2.37. The standard InChI is InChI=1S/C19H13F5O/c1-2-25-14-6-3-11(4-7-14)12-5-8-15-13(9-12)10-16(20)17(18(15)21)19(22,23)24/h3-10H,2H2,1H3. The Morgan fingerprint density at radius 1 is 0.880 bits per heavy atom. The van der Waals surface area contributed by atoms with Gasteiger partial charge < -0.3 is 4.74 Å². The lowest BCUT2D eigenvalue weighted by Gasteiger charge is -2.12. The molecule has 1 nitrogen and oxygen atoms in total. The molecular weight excluding hydrogens is 339 g/mol. The SMILES string of the molecule is CCOc1ccc(-c2ccc3c(F)c(C(F)(F)F)c(F)cc3c2)cc1. The summed E-state index contributed by atoms with van der Waals surface area (Å²) in [4.78, 5) is 0. The Bertz CT molecular complexity index is 914. The van der Waals surface area contributed by atoms with Crippen molar-refractivity contribution in [3.05, 3.63) is 65.7 Å². The maximum Gasteiger partial charge on any atom is 0.422 e. The number of hydrogen-bond acceptors (Lipinski definition) is 1. The van der Waals surface area contributed by atoms with Gasteiger partial charge in [-0.3, -0.25) is 0 Å². The lowest BCUT2D eigenvalue weighted by Crippen LogP contribution is -2.11. The highest BCUT2D eigenvalue weighted by molar-refractivity contribution is 5.88. The molecule has 0 saturated heterocycles. The molecule has 0 saturated carbocycles. The first-order valence-corrected chi connectivity index (χ1v) is 7.53. The van der Waals surface area contributed by atoms with Crippen LogP contribution in [0.4, 0.5) is 22.0 Å². The quantitative estimate of drug-likeness (QED) is 0.510. The minimum absolute atomic E-state index is 0.0642. The molecule has 0 unspecified atom stereocenters. The second kappa shape index (κ2) is 6.35. The summed E-state index contributed by atoms with van der Waals surface area (Å²) >= 11 is 0. The average Bonchev–Trinajstić information content (AvgIpc) is 2.54. The van der Waals surface area contributed by atoms with Crippen LogP contribution < -0.4 is 4.74 Å². The third-order valence-electron chi connectivity index (χ3n) is 3.81. The average molecular weight is 352 g/mol. The van der Waals surface area contributed by atoms with Gasteiger partial charge in [0.2, 0.25) is 0 Å². The molecule has 0 amide bonds. The van der Waals surface area contributed by atoms with Gasteiger partial charge in [0.05, 0.1) is 6.61 Å². The van der Waals surface area contributed by atoms with E-state index in [4.69, 9.17) is 4.74 Å². The van der Waals surface area contributed by atoms with Gasteiger partial charge in [-0.1, -0.05) is 24.3 Å². The van der Waals surface area contributed by atoms with Crippen molar-refractivity contribution in [2.45, 2.75) is 13.1 Å². The van der Waals surface area contributed by atoms with Gasteiger partial charge in [-0.15, -0.1) is 0 Å². The van der Waals surface area contributed by atoms with Crippen molar-refractivity contribution < 1.29 is 26.7 Å². The van der Waals surface area contributed by atoms with E-state index in [-0.39, 0.29) is 10.8 Å². The van der Waals surface area contributed by atoms with Crippen LogP contribution in [0, 0.1) is 11.6 Å². The molecule has 0 N–H and O–H groups in total. The predicted octanol–water partition coefficient (Wildman–Crippen LogP) is 6.20. The van der Waals surface area contributed by atoms with Crippen LogP contribution in [0.15, 0.2) is 48.5 Å². The van der Waals surface area contributed by atoms with Crippen LogP contribution in [0.25, 0.3) is 21.9 Å². The summed E-state index contributed by atoms with van der Waals surface area (Å²) < 4.78 is 71.6. The van der Waals surface area contributed by atoms with E-state index in [1.807, 2.05) is 6.92 Å². The Morgan fingerprint density at radius 3 is 2.12 bits per heavy atom. The maximum atomic E-state index is 14.1. The zero-order valence-electron chi connectivity index (χ0n) is 13.1. The van der Waals surface area contributed by atoms with Crippen molar-refractivity contribution in [1.29, 1.82) is 0 Å². The molecule has 0 fully saturated rings. The van der Waals surface area contributed by atoms with Crippen LogP contribution in [0.3, 0.4) is 0 Å². The summed E-state index contributed by atoms with van der Waals surface area (Å²) in [5, 5.41) is -0.210. The first kappa shape index (κ1) is 17.2. The zero-order chi connectivity index (χ0) is 18.2. The van der Waals surface area contributed by atoms with Crippen LogP contribution in [0.2, 0.25) is 0 Å². The number of hydrogen-bond donors (Lipinski definition) is 0. The van der Waals surface area contributed by atoms with Crippen molar-refractivity contribution in [2.24, 2.45) is 0 Å². The third kappa shape index (κ3) is 3.29. The van der Waals surface area contributed by atoms with Crippen LogP contribution >= 0.6 is 0 Å². The molecule has 0 aliphatic rings. The maximum absolute atomic E-state index is 14.1. The second-order valence-electron chi connectivity index (χ2n) is 5.44. The minimum atomic E-state index is -5.09. The molecule has 0 aromatic heterocycles. The van der Waals surface area contributed by atoms with Crippen molar-refractivity contribution in [1.82, 2.24) is 0 Å². The first-order chi connectivity index (χ1) is 11.8. The summed E-state index contributed by atoms with van der Waals surface area (Å²) in [6.45, 7) is 2.38. The minimum Gasteiger partial charge on any atom is -0.494 e. The van der Waals surface area contributed by atoms with E-state index in [1.165, 1.54) is 18.2 Å². The van der Waals surface area contributed by atoms with E-state index >= 15 is 0 Å². The van der Waals surface area contributed by atoms with Gasteiger partial charge in [-0.05, 0) is 47.7 Å². The molecule has 130 valence electrons. The van der Waals surface area contributed by atoms with E-state index in [1.54, 1.807) is 24.3 Å². The molecule has 3 rings (SSSR count). The van der Waals surface area contributed by atoms with Crippen LogP contribution in [-0.4, -0.2) is 6.61 Å². The fourth-order valence-electron chi connectivity index (χ4n) is 2.68. The van der Waals surface area contributed by atoms with Gasteiger partial charge >= 0.3 is 6.18 Å². The molecule has 3 aromatic rings. The lowest BCUT2D eigenvalue weighted by atomic mass is 9.99. The van der Waals surface area contributed by atoms with Gasteiger partial charge in [0.1, 0.15) is 22.9 Å². The monoisotopic (exact) mass is 352 g/mol. The van der Waals surface area contributed by atoms with Crippen LogP contribution in [-0.2, 0) is 6.18 Å². The van der Waals surface area contributed by atoms with Gasteiger partial charge in [0, 0.05) is 5.39 Å². The molecular formula is C19H13F5O. The van der Waals surface area contributed by atoms with Crippen molar-refractivity contribution in [2.75, 3.05) is 6.61 Å². The van der Waals surface area contributed by atoms with Gasteiger partial charge in [-0.25, -0.2) is 8.78 Å². The van der Waals surface area contributed by atoms with Crippen LogP contribution in [0.1, 0.15) is 12.5 Å². The van der Waals surface area contributed by atoms with Crippen molar-refractivity contribution in [3.8, 4) is 16.9 Å². The van der Waals surface area contributed by atoms with Gasteiger partial charge in [-0.2, -0.15) is 13.2 Å². The summed E-state index contributed by atoms with van der Waals surface area (Å²) in [6, 6.07) is 11.9. The number of rotatable bonds is 3. The number of alkyl halides is 3. The highest BCUT2D eigenvalue weighted by atomic mass is 19.4. The molecule has 0 atom stereocenters. The number of halogens is 5. The summed E-state index contributed by atoms with van der Waals surface area (Å²) in [6.07, 6.45) is -5.09. The molecule has 0 aliphatic carbocycles. The molecule has 0 radical (unpaired) electrons. The number of ether oxygens (including phenoxy) is 1. The molecule has 0 aliphatic heterocycles. The van der Waals surface area contributed by atoms with E-state index in [2.05, 4.69) is 0 Å². The molecule has 0 spiro atoms. The fourth-order valence-corrected chi connectivity index (χ4v) is 2.68. The molecule has 0 heterocycles. The van der Waals surface area contributed by atoms with E-state index in [0.717, 1.165) is 5.56 Å². The van der Waals surface area contributed by atoms with Crippen LogP contribution in [0.5, 0.6) is 5.75 Å². The third-order valence-corrected chi connectivity index (χ3v) is 3.81. The number of benzene rings is 3. The Kier molecular flexibility index (Phi) is 4.37. The second-order valence-corrected chi connectivity index (χ2v) is 5.44. The Morgan fingerprint density at radius 2 is 1.52 bits per heavy atom. The van der Waals surface area contributed by atoms with Crippen molar-refractivity contribution >= 4 is 10.8 Å². The molecule has 0 bridgehead atoms. The largest absolute Gasteiger partial charge is 0.494 e. The zero-order valence-corrected chi connectivity index (χ0v) is 13.1. The van der Waals surface area contributed by atoms with Gasteiger partial charge in [0.25, 0.3) is 0 Å². The Hall–Kier alpha value is -2.63. The first-order valence-electron chi connectivity index (χ1n) is 7.53. The summed E-state index contributed by atoms with van der Waals surface area (Å²) in [5.41, 5.74) is -0.478. The van der Waals surface area contributed by atoms with Crippen molar-refractivity contribution in [3.63, 3.8) is 0 Å². The Labute approximate surface area is 140 Å². The Balaban J connectivity index is 2.09. The molecule has 6 heteroatoms. The van der Waals surface area contributed by atoms with E-state index in [9.17, 15) is 22.0 Å². The normalized spacial score (nSPS) is 11.8. The predicted molar refractivity (Wildman–Crippen MR) is 85.5 cm³/mol. The smallest absolute Gasteiger partial charge is 0.422 e. The summed E-state index contributed by atoms with van der Waals surface area (Å²) in [5.74, 6) is -2.54. The fraction of sp³-hybridized carbons (Fsp3) is 0.158. The van der Waals surface area contributed by atoms with E-state index < -0.39 is 23.4 Å². The lowest BCUT2D eigenvalue weighted by molar-refractivity contribution is -0.142. The summed E-state index contributed by atoms with van der Waals surface area (Å²) in [7, 11) is 0. The molecule has 3 aromatic carbocycles. The number of fused-ring (bicyclic) bond motifs is 1.